The fraction of sp³-hybridized carbons (Fsp3) is 0.462. The van der Waals surface area contributed by atoms with E-state index in [1.165, 1.54) is 12.2 Å². The number of carbonyl (C=O) groups is 1. The van der Waals surface area contributed by atoms with Crippen LogP contribution in [0.2, 0.25) is 0 Å². The molecule has 0 atom stereocenters. The molecule has 0 aromatic heterocycles. The molecule has 0 unspecified atom stereocenters. The first-order valence-electron chi connectivity index (χ1n) is 5.55. The Balaban J connectivity index is -0.000000376. The summed E-state index contributed by atoms with van der Waals surface area (Å²) in [4.78, 5) is 10.4. The third-order valence-corrected chi connectivity index (χ3v) is 1.24. The molecule has 0 fully saturated rings. The molecule has 0 aromatic carbocycles. The van der Waals surface area contributed by atoms with E-state index in [4.69, 9.17) is 5.11 Å². The van der Waals surface area contributed by atoms with Crippen molar-refractivity contribution in [1.82, 2.24) is 0 Å². The molecular formula is C13H24O3. The molecule has 0 saturated carbocycles. The van der Waals surface area contributed by atoms with Gasteiger partial charge in [0.25, 0.3) is 0 Å². The second kappa shape index (κ2) is 15.9. The zero-order valence-electron chi connectivity index (χ0n) is 11.1. The molecule has 0 aliphatic rings. The highest BCUT2D eigenvalue weighted by atomic mass is 16.4. The summed E-state index contributed by atoms with van der Waals surface area (Å²) >= 11 is 0. The lowest BCUT2D eigenvalue weighted by atomic mass is 10.2. The van der Waals surface area contributed by atoms with Gasteiger partial charge in [-0.05, 0) is 19.9 Å². The number of carboxylic acids is 1. The first-order valence-corrected chi connectivity index (χ1v) is 5.55. The van der Waals surface area contributed by atoms with Gasteiger partial charge in [-0.15, -0.1) is 0 Å². The number of aliphatic hydroxyl groups excluding tert-OH is 1. The molecule has 94 valence electrons. The van der Waals surface area contributed by atoms with Crippen molar-refractivity contribution >= 4 is 5.97 Å². The maximum absolute atomic E-state index is 10.4. The van der Waals surface area contributed by atoms with E-state index in [0.29, 0.717) is 0 Å². The van der Waals surface area contributed by atoms with Crippen molar-refractivity contribution in [3.8, 4) is 0 Å². The fourth-order valence-corrected chi connectivity index (χ4v) is 0.658. The van der Waals surface area contributed by atoms with Crippen LogP contribution in [0.3, 0.4) is 0 Å². The number of carboxylic acid groups (broad SMARTS) is 1. The molecule has 0 amide bonds. The zero-order valence-corrected chi connectivity index (χ0v) is 11.1. The van der Waals surface area contributed by atoms with E-state index in [2.05, 4.69) is 0 Å². The Morgan fingerprint density at radius 2 is 1.44 bits per heavy atom. The largest absolute Gasteiger partial charge is 0.507 e. The summed E-state index contributed by atoms with van der Waals surface area (Å²) in [6.07, 6.45) is 5.95. The Bertz CT molecular complexity index is 248. The third-order valence-electron chi connectivity index (χ3n) is 1.24. The van der Waals surface area contributed by atoms with Gasteiger partial charge >= 0.3 is 5.97 Å². The van der Waals surface area contributed by atoms with Gasteiger partial charge in [0.15, 0.2) is 0 Å². The molecule has 0 aromatic rings. The van der Waals surface area contributed by atoms with Gasteiger partial charge in [-0.3, -0.25) is 0 Å². The van der Waals surface area contributed by atoms with Crippen LogP contribution in [-0.4, -0.2) is 16.2 Å². The van der Waals surface area contributed by atoms with Crippen molar-refractivity contribution in [2.24, 2.45) is 0 Å². The normalized spacial score (nSPS) is 11.1. The average molecular weight is 228 g/mol. The summed E-state index contributed by atoms with van der Waals surface area (Å²) in [6.45, 7) is 11.3. The van der Waals surface area contributed by atoms with Crippen LogP contribution >= 0.6 is 0 Å². The van der Waals surface area contributed by atoms with E-state index in [1.807, 2.05) is 27.7 Å². The van der Waals surface area contributed by atoms with Gasteiger partial charge < -0.3 is 10.2 Å². The molecule has 0 spiro atoms. The van der Waals surface area contributed by atoms with Crippen molar-refractivity contribution in [1.29, 1.82) is 0 Å². The predicted octanol–water partition coefficient (Wildman–Crippen LogP) is 4.09. The highest BCUT2D eigenvalue weighted by Gasteiger charge is 2.08. The summed E-state index contributed by atoms with van der Waals surface area (Å²) in [5.41, 5.74) is -0.0897. The van der Waals surface area contributed by atoms with E-state index < -0.39 is 5.97 Å². The van der Waals surface area contributed by atoms with E-state index in [1.54, 1.807) is 26.0 Å². The number of allylic oxidation sites excluding steroid dienone is 4. The lowest BCUT2D eigenvalue weighted by molar-refractivity contribution is -0.132. The number of hydrogen-bond acceptors (Lipinski definition) is 2. The highest BCUT2D eigenvalue weighted by molar-refractivity contribution is 5.90. The molecule has 0 aliphatic heterocycles. The van der Waals surface area contributed by atoms with Crippen molar-refractivity contribution < 1.29 is 15.0 Å². The second-order valence-corrected chi connectivity index (χ2v) is 2.09. The van der Waals surface area contributed by atoms with Crippen LogP contribution in [0, 0.1) is 0 Å². The summed E-state index contributed by atoms with van der Waals surface area (Å²) in [7, 11) is 0. The van der Waals surface area contributed by atoms with Crippen LogP contribution in [0.4, 0.5) is 0 Å². The second-order valence-electron chi connectivity index (χ2n) is 2.09. The third kappa shape index (κ3) is 10.6. The van der Waals surface area contributed by atoms with Gasteiger partial charge in [-0.2, -0.15) is 0 Å². The summed E-state index contributed by atoms with van der Waals surface area (Å²) in [5.74, 6) is -1.36. The molecular weight excluding hydrogens is 204 g/mol. The maximum atomic E-state index is 10.4. The summed E-state index contributed by atoms with van der Waals surface area (Å²) < 4.78 is 0. The first-order chi connectivity index (χ1) is 7.63. The Labute approximate surface area is 98.8 Å². The smallest absolute Gasteiger partial charge is 0.339 e. The Hall–Kier alpha value is -1.51. The minimum absolute atomic E-state index is 0.0897. The van der Waals surface area contributed by atoms with E-state index in [9.17, 15) is 9.90 Å². The zero-order chi connectivity index (χ0) is 13.6. The average Bonchev–Trinajstić information content (AvgIpc) is 2.32. The Morgan fingerprint density at radius 3 is 1.69 bits per heavy atom. The van der Waals surface area contributed by atoms with Crippen LogP contribution in [0.25, 0.3) is 0 Å². The van der Waals surface area contributed by atoms with Crippen LogP contribution in [0.5, 0.6) is 0 Å². The molecule has 0 rings (SSSR count). The molecule has 16 heavy (non-hydrogen) atoms. The van der Waals surface area contributed by atoms with Crippen LogP contribution in [0.15, 0.2) is 35.6 Å². The summed E-state index contributed by atoms with van der Waals surface area (Å²) in [6, 6.07) is 0. The van der Waals surface area contributed by atoms with E-state index >= 15 is 0 Å². The molecule has 0 radical (unpaired) electrons. The minimum Gasteiger partial charge on any atom is -0.507 e. The standard InChI is InChI=1S/C9H12O3.2C2H6/c1-3-5-6-8(10)7(4-2)9(11)12;2*1-2/h3-6,10H,1-2H3,(H,11,12);2*1-2H3/b5-3-,7-4+,8-6+;;. The van der Waals surface area contributed by atoms with Gasteiger partial charge in [0.05, 0.1) is 5.57 Å². The van der Waals surface area contributed by atoms with Gasteiger partial charge in [-0.25, -0.2) is 4.79 Å². The lowest BCUT2D eigenvalue weighted by Crippen LogP contribution is -2.02. The quantitative estimate of drug-likeness (QED) is 0.434. The lowest BCUT2D eigenvalue weighted by Gasteiger charge is -1.97. The van der Waals surface area contributed by atoms with Crippen LogP contribution < -0.4 is 0 Å². The summed E-state index contributed by atoms with van der Waals surface area (Å²) in [5, 5.41) is 17.7. The van der Waals surface area contributed by atoms with Gasteiger partial charge in [0, 0.05) is 0 Å². The molecule has 0 bridgehead atoms. The van der Waals surface area contributed by atoms with Crippen LogP contribution in [-0.2, 0) is 4.79 Å². The number of aliphatic hydroxyl groups is 1. The molecule has 0 aliphatic carbocycles. The van der Waals surface area contributed by atoms with E-state index in [-0.39, 0.29) is 11.3 Å². The molecule has 3 nitrogen and oxygen atoms in total. The van der Waals surface area contributed by atoms with Crippen molar-refractivity contribution in [3.05, 3.63) is 35.6 Å². The maximum Gasteiger partial charge on any atom is 0.339 e. The van der Waals surface area contributed by atoms with Gasteiger partial charge in [-0.1, -0.05) is 45.9 Å². The molecule has 2 N–H and O–H groups in total. The van der Waals surface area contributed by atoms with Crippen LogP contribution in [0.1, 0.15) is 41.5 Å². The fourth-order valence-electron chi connectivity index (χ4n) is 0.658. The van der Waals surface area contributed by atoms with Crippen molar-refractivity contribution in [3.63, 3.8) is 0 Å². The number of rotatable bonds is 3. The monoisotopic (exact) mass is 228 g/mol. The number of aliphatic carboxylic acids is 1. The van der Waals surface area contributed by atoms with E-state index in [0.717, 1.165) is 0 Å². The van der Waals surface area contributed by atoms with Gasteiger partial charge in [0.1, 0.15) is 5.76 Å². The molecule has 0 saturated heterocycles. The Kier molecular flexibility index (Phi) is 19.9. The van der Waals surface area contributed by atoms with Crippen molar-refractivity contribution in [2.75, 3.05) is 0 Å². The topological polar surface area (TPSA) is 57.5 Å². The Morgan fingerprint density at radius 1 is 1.00 bits per heavy atom. The SMILES string of the molecule is CC.CC.C\C=C/C=C(O)\C(=C/C)C(=O)O. The number of hydrogen-bond donors (Lipinski definition) is 2. The first kappa shape index (κ1) is 20.0. The van der Waals surface area contributed by atoms with Crippen molar-refractivity contribution in [2.45, 2.75) is 41.5 Å². The van der Waals surface area contributed by atoms with Gasteiger partial charge in [0.2, 0.25) is 0 Å². The minimum atomic E-state index is -1.13. The molecule has 3 heteroatoms. The highest BCUT2D eigenvalue weighted by Crippen LogP contribution is 2.06. The predicted molar refractivity (Wildman–Crippen MR) is 69.6 cm³/mol. The molecule has 0 heterocycles.